The van der Waals surface area contributed by atoms with Crippen molar-refractivity contribution in [2.24, 2.45) is 0 Å². The summed E-state index contributed by atoms with van der Waals surface area (Å²) in [6.07, 6.45) is 2.33. The molecule has 0 aliphatic carbocycles. The first-order valence-electron chi connectivity index (χ1n) is 11.6. The molecule has 1 aromatic heterocycles. The molecular weight excluding hydrogens is 632 g/mol. The van der Waals surface area contributed by atoms with Gasteiger partial charge in [0.25, 0.3) is 0 Å². The molecular formula is C24H45F3N3O3P2RhS+. The average Bonchev–Trinajstić information content (AvgIpc) is 2.61. The van der Waals surface area contributed by atoms with Crippen LogP contribution in [0.1, 0.15) is 94.5 Å². The van der Waals surface area contributed by atoms with Gasteiger partial charge in [-0.2, -0.15) is 13.2 Å². The van der Waals surface area contributed by atoms with Gasteiger partial charge in [-0.15, -0.1) is 0 Å². The van der Waals surface area contributed by atoms with Crippen molar-refractivity contribution in [2.75, 3.05) is 0 Å². The first kappa shape index (κ1) is 41.2. The Labute approximate surface area is 237 Å². The first-order valence-corrected chi connectivity index (χ1v) is 16.4. The quantitative estimate of drug-likeness (QED) is 0.106. The summed E-state index contributed by atoms with van der Waals surface area (Å²) in [5.41, 5.74) is -3.02. The molecule has 0 N–H and O–H groups in total. The summed E-state index contributed by atoms with van der Waals surface area (Å²) in [6.45, 7) is 29.0. The molecule has 0 spiro atoms. The fraction of sp³-hybridized carbons (Fsp3) is 0.792. The van der Waals surface area contributed by atoms with E-state index in [4.69, 9.17) is 28.7 Å². The number of rotatable bonds is 4. The van der Waals surface area contributed by atoms with Gasteiger partial charge in [-0.25, -0.2) is 8.42 Å². The topological polar surface area (TPSA) is 118 Å². The smallest absolute Gasteiger partial charge is 0.485 e. The van der Waals surface area contributed by atoms with E-state index in [0.29, 0.717) is 20.6 Å². The van der Waals surface area contributed by atoms with E-state index in [2.05, 4.69) is 101 Å². The van der Waals surface area contributed by atoms with E-state index in [-0.39, 0.29) is 19.5 Å². The number of pyridine rings is 1. The zero-order valence-corrected chi connectivity index (χ0v) is 28.5. The van der Waals surface area contributed by atoms with Gasteiger partial charge in [0.1, 0.15) is 0 Å². The van der Waals surface area contributed by atoms with E-state index >= 15 is 0 Å². The van der Waals surface area contributed by atoms with Crippen LogP contribution < -0.4 is 0 Å². The fourth-order valence-electron chi connectivity index (χ4n) is 4.40. The van der Waals surface area contributed by atoms with Gasteiger partial charge in [0.2, 0.25) is 0 Å². The molecule has 0 aliphatic heterocycles. The minimum Gasteiger partial charge on any atom is -0.741 e. The van der Waals surface area contributed by atoms with Crippen LogP contribution in [0.15, 0.2) is 18.2 Å². The second kappa shape index (κ2) is 14.9. The van der Waals surface area contributed by atoms with Crippen molar-refractivity contribution in [3.8, 4) is 0 Å². The summed E-state index contributed by atoms with van der Waals surface area (Å²) in [5.74, 6) is 0. The van der Waals surface area contributed by atoms with Crippen molar-refractivity contribution in [1.29, 1.82) is 10.8 Å². The minimum atomic E-state index is -6.09. The summed E-state index contributed by atoms with van der Waals surface area (Å²) in [7, 11) is -7.26. The Hall–Kier alpha value is -0.247. The van der Waals surface area contributed by atoms with Crippen molar-refractivity contribution >= 4 is 26.0 Å². The van der Waals surface area contributed by atoms with Crippen LogP contribution in [0.25, 0.3) is 0 Å². The van der Waals surface area contributed by atoms with Gasteiger partial charge in [-0.1, -0.05) is 6.07 Å². The van der Waals surface area contributed by atoms with Crippen molar-refractivity contribution in [3.05, 3.63) is 29.6 Å². The molecule has 0 amide bonds. The molecule has 1 heterocycles. The van der Waals surface area contributed by atoms with Gasteiger partial charge in [-0.05, 0) is 95.2 Å². The summed E-state index contributed by atoms with van der Waals surface area (Å²) >= 11 is 0. The second-order valence-electron chi connectivity index (χ2n) is 12.8. The maximum absolute atomic E-state index is 10.7. The minimum absolute atomic E-state index is 0. The molecule has 219 valence electrons. The Bertz CT molecular complexity index is 871. The summed E-state index contributed by atoms with van der Waals surface area (Å²) < 4.78 is 58.9. The largest absolute Gasteiger partial charge is 0.741 e. The molecule has 6 nitrogen and oxygen atoms in total. The maximum Gasteiger partial charge on any atom is 0.485 e. The Morgan fingerprint density at radius 1 is 0.730 bits per heavy atom. The van der Waals surface area contributed by atoms with Gasteiger partial charge < -0.3 is 4.55 Å². The Balaban J connectivity index is -0.000000895. The molecule has 1 rings (SSSR count). The molecule has 0 unspecified atom stereocenters. The monoisotopic (exact) mass is 677 g/mol. The standard InChI is InChI=1S/C23H43NP2.CHF3O3S.N2.Rh/c1-20(2,3)25(21(4,5)6)16-18-14-13-15-19(24-18)17-26(22(7,8)9)23(10,11)12;2-1(3,4)8(5,6)7;1-2;/h13-15H,16-17H2,1-12H3;(H,5,6,7);;/p+1. The molecule has 0 aromatic carbocycles. The van der Waals surface area contributed by atoms with Crippen LogP contribution in [0.3, 0.4) is 0 Å². The molecule has 0 aliphatic rings. The van der Waals surface area contributed by atoms with E-state index in [1.165, 1.54) is 23.7 Å². The number of hydrogen-bond donors (Lipinski definition) is 0. The normalized spacial score (nSPS) is 13.2. The number of nitrogens with zero attached hydrogens (tertiary/aromatic N) is 3. The second-order valence-corrected chi connectivity index (χ2v) is 22.8. The Morgan fingerprint density at radius 3 is 1.11 bits per heavy atom. The molecule has 13 heteroatoms. The van der Waals surface area contributed by atoms with Crippen LogP contribution >= 0.6 is 15.8 Å². The van der Waals surface area contributed by atoms with Crippen LogP contribution in [-0.4, -0.2) is 44.1 Å². The molecule has 1 radical (unpaired) electrons. The van der Waals surface area contributed by atoms with Crippen LogP contribution in [0.2, 0.25) is 0 Å². The molecule has 0 bridgehead atoms. The Kier molecular flexibility index (Phi) is 16.7. The van der Waals surface area contributed by atoms with Crippen molar-refractivity contribution in [1.82, 2.24) is 4.98 Å². The summed E-state index contributed by atoms with van der Waals surface area (Å²) in [5, 5.41) is 13.5. The SMILES string of the molecule is CC(C)(C)[PH+](Cc1cccc(C[PH+](C(C)(C)C)C(C)(C)C)n1)C(C)(C)C.N#N.O=S(=O)([O-])C(F)(F)F.[Rh]. The van der Waals surface area contributed by atoms with E-state index in [9.17, 15) is 13.2 Å². The van der Waals surface area contributed by atoms with Gasteiger partial charge in [-0.3, -0.25) is 4.98 Å². The van der Waals surface area contributed by atoms with Crippen molar-refractivity contribution in [2.45, 2.75) is 122 Å². The summed E-state index contributed by atoms with van der Waals surface area (Å²) in [4.78, 5) is 5.16. The molecule has 0 saturated heterocycles. The van der Waals surface area contributed by atoms with Gasteiger partial charge in [0, 0.05) is 46.1 Å². The number of hydrogen-bond acceptors (Lipinski definition) is 6. The predicted octanol–water partition coefficient (Wildman–Crippen LogP) is 7.78. The molecule has 0 saturated carbocycles. The van der Waals surface area contributed by atoms with Crippen molar-refractivity contribution < 1.29 is 45.6 Å². The van der Waals surface area contributed by atoms with Gasteiger partial charge in [0.05, 0.1) is 44.3 Å². The van der Waals surface area contributed by atoms with E-state index < -0.39 is 31.5 Å². The third kappa shape index (κ3) is 15.8. The average molecular weight is 678 g/mol. The van der Waals surface area contributed by atoms with E-state index in [1.807, 2.05) is 0 Å². The third-order valence-electron chi connectivity index (χ3n) is 5.49. The van der Waals surface area contributed by atoms with Crippen LogP contribution in [-0.2, 0) is 41.9 Å². The van der Waals surface area contributed by atoms with Gasteiger partial charge in [0.15, 0.2) is 10.1 Å². The zero-order chi connectivity index (χ0) is 29.6. The van der Waals surface area contributed by atoms with Gasteiger partial charge >= 0.3 is 5.51 Å². The van der Waals surface area contributed by atoms with E-state index in [1.54, 1.807) is 0 Å². The number of halogens is 3. The predicted molar refractivity (Wildman–Crippen MR) is 146 cm³/mol. The summed E-state index contributed by atoms with van der Waals surface area (Å²) in [6, 6.07) is 6.76. The number of aromatic nitrogens is 1. The third-order valence-corrected chi connectivity index (χ3v) is 14.7. The van der Waals surface area contributed by atoms with E-state index in [0.717, 1.165) is 0 Å². The molecule has 37 heavy (non-hydrogen) atoms. The Morgan fingerprint density at radius 2 is 0.946 bits per heavy atom. The zero-order valence-electron chi connectivity index (χ0n) is 24.1. The van der Waals surface area contributed by atoms with Crippen LogP contribution in [0, 0.1) is 10.8 Å². The molecule has 0 atom stereocenters. The van der Waals surface area contributed by atoms with Crippen LogP contribution in [0.5, 0.6) is 0 Å². The fourth-order valence-corrected chi connectivity index (χ4v) is 12.1. The molecule has 1 aromatic rings. The maximum atomic E-state index is 10.7. The van der Waals surface area contributed by atoms with Crippen LogP contribution in [0.4, 0.5) is 13.2 Å². The number of alkyl halides is 3. The first-order chi connectivity index (χ1) is 15.7. The molecule has 0 fully saturated rings. The van der Waals surface area contributed by atoms with Crippen molar-refractivity contribution in [3.63, 3.8) is 0 Å².